The number of nitrogens with two attached hydrogens (primary N) is 1. The van der Waals surface area contributed by atoms with Crippen molar-refractivity contribution >= 4 is 0 Å². The third-order valence-corrected chi connectivity index (χ3v) is 2.48. The predicted molar refractivity (Wildman–Crippen MR) is 65.5 cm³/mol. The van der Waals surface area contributed by atoms with Crippen LogP contribution >= 0.6 is 0 Å². The topological polar surface area (TPSA) is 74.2 Å². The molecule has 0 saturated carbocycles. The summed E-state index contributed by atoms with van der Waals surface area (Å²) in [6, 6.07) is 0.0747. The summed E-state index contributed by atoms with van der Waals surface area (Å²) in [6.07, 6.45) is 1.46. The second-order valence-electron chi connectivity index (χ2n) is 4.74. The molecule has 1 rings (SSSR count). The lowest BCUT2D eigenvalue weighted by atomic mass is 10.0. The largest absolute Gasteiger partial charge is 0.371 e. The average molecular weight is 241 g/mol. The maximum absolute atomic E-state index is 5.99. The molecule has 0 amide bonds. The van der Waals surface area contributed by atoms with E-state index in [2.05, 4.69) is 24.0 Å². The monoisotopic (exact) mass is 241 g/mol. The zero-order chi connectivity index (χ0) is 12.8. The molecule has 1 heterocycles. The first-order chi connectivity index (χ1) is 8.02. The highest BCUT2D eigenvalue weighted by molar-refractivity contribution is 4.91. The highest BCUT2D eigenvalue weighted by atomic mass is 16.5. The molecule has 0 fully saturated rings. The van der Waals surface area contributed by atoms with E-state index in [0.29, 0.717) is 30.7 Å². The Kier molecular flexibility index (Phi) is 5.58. The van der Waals surface area contributed by atoms with Crippen LogP contribution < -0.4 is 5.73 Å². The molecule has 0 spiro atoms. The molecule has 98 valence electrons. The molecule has 0 saturated heterocycles. The fourth-order valence-electron chi connectivity index (χ4n) is 1.75. The summed E-state index contributed by atoms with van der Waals surface area (Å²) in [4.78, 5) is 4.29. The molecule has 0 radical (unpaired) electrons. The van der Waals surface area contributed by atoms with Crippen molar-refractivity contribution in [2.45, 2.75) is 52.7 Å². The molecule has 5 nitrogen and oxygen atoms in total. The molecule has 2 unspecified atom stereocenters. The normalized spacial score (nSPS) is 15.2. The summed E-state index contributed by atoms with van der Waals surface area (Å²) in [6.45, 7) is 8.78. The van der Waals surface area contributed by atoms with E-state index in [0.717, 1.165) is 6.42 Å². The number of nitrogens with zero attached hydrogens (tertiary/aromatic N) is 2. The minimum atomic E-state index is -0.126. The van der Waals surface area contributed by atoms with Gasteiger partial charge in [-0.05, 0) is 26.2 Å². The Hall–Kier alpha value is -0.940. The van der Waals surface area contributed by atoms with E-state index in [1.54, 1.807) is 0 Å². The number of hydrogen-bond acceptors (Lipinski definition) is 5. The summed E-state index contributed by atoms with van der Waals surface area (Å²) in [7, 11) is 0. The molecule has 2 atom stereocenters. The van der Waals surface area contributed by atoms with E-state index in [4.69, 9.17) is 15.0 Å². The molecule has 0 aliphatic heterocycles. The maximum atomic E-state index is 5.99. The molecule has 0 bridgehead atoms. The van der Waals surface area contributed by atoms with Crippen LogP contribution in [0.1, 0.15) is 51.9 Å². The molecular weight excluding hydrogens is 218 g/mol. The van der Waals surface area contributed by atoms with Gasteiger partial charge in [0.2, 0.25) is 5.89 Å². The van der Waals surface area contributed by atoms with Gasteiger partial charge in [0, 0.05) is 19.1 Å². The average Bonchev–Trinajstić information content (AvgIpc) is 2.65. The van der Waals surface area contributed by atoms with Crippen molar-refractivity contribution in [1.29, 1.82) is 0 Å². The Balaban J connectivity index is 2.50. The van der Waals surface area contributed by atoms with Crippen LogP contribution in [-0.2, 0) is 11.2 Å². The molecule has 5 heteroatoms. The highest BCUT2D eigenvalue weighted by Gasteiger charge is 2.16. The van der Waals surface area contributed by atoms with Gasteiger partial charge in [0.15, 0.2) is 5.82 Å². The van der Waals surface area contributed by atoms with Gasteiger partial charge in [0.25, 0.3) is 0 Å². The molecule has 0 aliphatic rings. The first-order valence-electron chi connectivity index (χ1n) is 6.22. The van der Waals surface area contributed by atoms with Crippen LogP contribution in [0.4, 0.5) is 0 Å². The summed E-state index contributed by atoms with van der Waals surface area (Å²) in [5.74, 6) is 1.77. The lowest BCUT2D eigenvalue weighted by Gasteiger charge is -2.10. The number of ether oxygens (including phenoxy) is 1. The van der Waals surface area contributed by atoms with E-state index < -0.39 is 0 Å². The minimum Gasteiger partial charge on any atom is -0.371 e. The van der Waals surface area contributed by atoms with Crippen molar-refractivity contribution in [2.75, 3.05) is 6.61 Å². The molecule has 0 aromatic carbocycles. The lowest BCUT2D eigenvalue weighted by molar-refractivity contribution is 0.0683. The molecule has 0 aliphatic carbocycles. The van der Waals surface area contributed by atoms with Crippen molar-refractivity contribution < 1.29 is 9.26 Å². The molecule has 1 aromatic rings. The van der Waals surface area contributed by atoms with Crippen molar-refractivity contribution in [3.8, 4) is 0 Å². The van der Waals surface area contributed by atoms with Gasteiger partial charge in [-0.1, -0.05) is 19.0 Å². The first-order valence-corrected chi connectivity index (χ1v) is 6.22. The third kappa shape index (κ3) is 4.83. The Morgan fingerprint density at radius 1 is 1.35 bits per heavy atom. The van der Waals surface area contributed by atoms with Crippen molar-refractivity contribution in [3.05, 3.63) is 11.7 Å². The SMILES string of the molecule is CCOC(C)c1noc(CC(N)CC(C)C)n1. The van der Waals surface area contributed by atoms with Gasteiger partial charge >= 0.3 is 0 Å². The van der Waals surface area contributed by atoms with Gasteiger partial charge in [0.05, 0.1) is 0 Å². The van der Waals surface area contributed by atoms with Gasteiger partial charge in [-0.3, -0.25) is 0 Å². The zero-order valence-corrected chi connectivity index (χ0v) is 11.1. The summed E-state index contributed by atoms with van der Waals surface area (Å²) < 4.78 is 10.6. The summed E-state index contributed by atoms with van der Waals surface area (Å²) in [5.41, 5.74) is 5.99. The lowest BCUT2D eigenvalue weighted by Crippen LogP contribution is -2.24. The van der Waals surface area contributed by atoms with Gasteiger partial charge in [-0.15, -0.1) is 0 Å². The first kappa shape index (κ1) is 14.1. The van der Waals surface area contributed by atoms with E-state index in [1.165, 1.54) is 0 Å². The number of rotatable bonds is 7. The van der Waals surface area contributed by atoms with Crippen LogP contribution in [0, 0.1) is 5.92 Å². The van der Waals surface area contributed by atoms with Crippen LogP contribution in [0.5, 0.6) is 0 Å². The van der Waals surface area contributed by atoms with Gasteiger partial charge in [-0.25, -0.2) is 0 Å². The van der Waals surface area contributed by atoms with Crippen molar-refractivity contribution in [1.82, 2.24) is 10.1 Å². The smallest absolute Gasteiger partial charge is 0.228 e. The van der Waals surface area contributed by atoms with Crippen LogP contribution in [0.15, 0.2) is 4.52 Å². The standard InChI is InChI=1S/C12H23N3O2/c1-5-16-9(4)12-14-11(17-15-12)7-10(13)6-8(2)3/h8-10H,5-7,13H2,1-4H3. The fraction of sp³-hybridized carbons (Fsp3) is 0.833. The Bertz CT molecular complexity index is 325. The van der Waals surface area contributed by atoms with Crippen LogP contribution in [0.25, 0.3) is 0 Å². The van der Waals surface area contributed by atoms with E-state index in [1.807, 2.05) is 13.8 Å². The molecule has 1 aromatic heterocycles. The quantitative estimate of drug-likeness (QED) is 0.791. The molecule has 17 heavy (non-hydrogen) atoms. The predicted octanol–water partition coefficient (Wildman–Crippen LogP) is 2.08. The van der Waals surface area contributed by atoms with Crippen LogP contribution in [0.3, 0.4) is 0 Å². The highest BCUT2D eigenvalue weighted by Crippen LogP contribution is 2.14. The Labute approximate surface area is 103 Å². The third-order valence-electron chi connectivity index (χ3n) is 2.48. The summed E-state index contributed by atoms with van der Waals surface area (Å²) in [5, 5.41) is 3.90. The van der Waals surface area contributed by atoms with Gasteiger partial charge in [0.1, 0.15) is 6.10 Å². The maximum Gasteiger partial charge on any atom is 0.228 e. The zero-order valence-electron chi connectivity index (χ0n) is 11.1. The number of hydrogen-bond donors (Lipinski definition) is 1. The van der Waals surface area contributed by atoms with Crippen molar-refractivity contribution in [2.24, 2.45) is 11.7 Å². The minimum absolute atomic E-state index is 0.0747. The Morgan fingerprint density at radius 2 is 2.06 bits per heavy atom. The Morgan fingerprint density at radius 3 is 2.65 bits per heavy atom. The second-order valence-corrected chi connectivity index (χ2v) is 4.74. The summed E-state index contributed by atoms with van der Waals surface area (Å²) >= 11 is 0. The van der Waals surface area contributed by atoms with E-state index in [9.17, 15) is 0 Å². The van der Waals surface area contributed by atoms with Gasteiger partial charge in [-0.2, -0.15) is 4.98 Å². The second kappa shape index (κ2) is 6.71. The van der Waals surface area contributed by atoms with Crippen molar-refractivity contribution in [3.63, 3.8) is 0 Å². The number of aromatic nitrogens is 2. The molecule has 2 N–H and O–H groups in total. The fourth-order valence-corrected chi connectivity index (χ4v) is 1.75. The van der Waals surface area contributed by atoms with Gasteiger partial charge < -0.3 is 15.0 Å². The van der Waals surface area contributed by atoms with E-state index in [-0.39, 0.29) is 12.1 Å². The van der Waals surface area contributed by atoms with Crippen LogP contribution in [-0.4, -0.2) is 22.8 Å². The van der Waals surface area contributed by atoms with E-state index >= 15 is 0 Å². The van der Waals surface area contributed by atoms with Crippen LogP contribution in [0.2, 0.25) is 0 Å². The molecular formula is C12H23N3O2.